The van der Waals surface area contributed by atoms with Gasteiger partial charge in [-0.3, -0.25) is 4.98 Å². The molecule has 2 aromatic heterocycles. The first-order valence-corrected chi connectivity index (χ1v) is 5.35. The molecule has 0 unspecified atom stereocenters. The first-order valence-electron chi connectivity index (χ1n) is 4.47. The minimum atomic E-state index is 1.02. The lowest BCUT2D eigenvalue weighted by Crippen LogP contribution is -1.64. The molecule has 0 N–H and O–H groups in total. The number of hydrogen-bond acceptors (Lipinski definition) is 4. The molecule has 0 spiro atoms. The van der Waals surface area contributed by atoms with Gasteiger partial charge in [0.15, 0.2) is 0 Å². The summed E-state index contributed by atoms with van der Waals surface area (Å²) >= 11 is 1.56. The predicted octanol–water partition coefficient (Wildman–Crippen LogP) is 2.95. The van der Waals surface area contributed by atoms with Crippen LogP contribution in [0.2, 0.25) is 0 Å². The van der Waals surface area contributed by atoms with Crippen molar-refractivity contribution in [1.82, 2.24) is 15.2 Å². The van der Waals surface area contributed by atoms with E-state index in [0.29, 0.717) is 0 Å². The average molecular weight is 209 g/mol. The quantitative estimate of drug-likeness (QED) is 0.669. The van der Waals surface area contributed by atoms with Crippen molar-refractivity contribution < 1.29 is 0 Å². The topological polar surface area (TPSA) is 38.7 Å². The lowest BCUT2D eigenvalue weighted by atomic mass is 10.5. The van der Waals surface area contributed by atoms with Gasteiger partial charge in [0.05, 0.1) is 0 Å². The third kappa shape index (κ3) is 7.36. The molecular weight excluding hydrogens is 194 g/mol. The molecule has 0 aliphatic carbocycles. The molecule has 2 aromatic rings. The van der Waals surface area contributed by atoms with E-state index in [9.17, 15) is 0 Å². The van der Waals surface area contributed by atoms with Crippen LogP contribution < -0.4 is 0 Å². The summed E-state index contributed by atoms with van der Waals surface area (Å²) in [7, 11) is 0. The van der Waals surface area contributed by atoms with E-state index in [1.807, 2.05) is 39.0 Å². The first-order chi connectivity index (χ1) is 6.89. The normalized spacial score (nSPS) is 7.64. The highest BCUT2D eigenvalue weighted by molar-refractivity contribution is 7.09. The number of rotatable bonds is 0. The number of hydrogen-bond donors (Lipinski definition) is 0. The number of nitrogens with zero attached hydrogens (tertiary/aromatic N) is 3. The Bertz CT molecular complexity index is 255. The molecule has 3 nitrogen and oxygen atoms in total. The van der Waals surface area contributed by atoms with E-state index in [2.05, 4.69) is 15.2 Å². The summed E-state index contributed by atoms with van der Waals surface area (Å²) in [6.45, 7) is 5.93. The fraction of sp³-hybridized carbons (Fsp3) is 0.300. The third-order valence-corrected chi connectivity index (χ3v) is 1.66. The van der Waals surface area contributed by atoms with Gasteiger partial charge in [-0.25, -0.2) is 0 Å². The Labute approximate surface area is 88.9 Å². The van der Waals surface area contributed by atoms with Gasteiger partial charge in [-0.15, -0.1) is 21.5 Å². The molecule has 0 aromatic carbocycles. The van der Waals surface area contributed by atoms with Crippen LogP contribution >= 0.6 is 11.3 Å². The van der Waals surface area contributed by atoms with Crippen LogP contribution in [0.1, 0.15) is 18.9 Å². The molecule has 0 aliphatic rings. The number of aromatic nitrogens is 3. The summed E-state index contributed by atoms with van der Waals surface area (Å²) in [5.74, 6) is 0. The molecule has 0 amide bonds. The van der Waals surface area contributed by atoms with Crippen LogP contribution in [0.4, 0.5) is 0 Å². The molecule has 0 bridgehead atoms. The number of aryl methyl sites for hydroxylation is 1. The molecule has 0 saturated heterocycles. The van der Waals surface area contributed by atoms with Crippen LogP contribution in [0.5, 0.6) is 0 Å². The zero-order valence-corrected chi connectivity index (χ0v) is 9.53. The monoisotopic (exact) mass is 209 g/mol. The van der Waals surface area contributed by atoms with Gasteiger partial charge in [0.1, 0.15) is 10.5 Å². The van der Waals surface area contributed by atoms with Gasteiger partial charge in [0, 0.05) is 12.4 Å². The molecule has 14 heavy (non-hydrogen) atoms. The molecule has 0 saturated carbocycles. The van der Waals surface area contributed by atoms with E-state index in [0.717, 1.165) is 5.01 Å². The van der Waals surface area contributed by atoms with Crippen LogP contribution in [0, 0.1) is 6.92 Å². The maximum atomic E-state index is 3.78. The van der Waals surface area contributed by atoms with Gasteiger partial charge in [0.2, 0.25) is 0 Å². The molecule has 76 valence electrons. The zero-order valence-electron chi connectivity index (χ0n) is 8.71. The Kier molecular flexibility index (Phi) is 8.89. The molecule has 0 radical (unpaired) electrons. The van der Waals surface area contributed by atoms with Crippen LogP contribution in [0.25, 0.3) is 0 Å². The molecule has 0 aliphatic heterocycles. The van der Waals surface area contributed by atoms with Crippen molar-refractivity contribution in [3.8, 4) is 0 Å². The second kappa shape index (κ2) is 9.80. The predicted molar refractivity (Wildman–Crippen MR) is 60.2 cm³/mol. The lowest BCUT2D eigenvalue weighted by Gasteiger charge is -1.70. The van der Waals surface area contributed by atoms with Crippen LogP contribution in [0.15, 0.2) is 36.1 Å². The van der Waals surface area contributed by atoms with Crippen molar-refractivity contribution in [1.29, 1.82) is 0 Å². The van der Waals surface area contributed by atoms with E-state index in [4.69, 9.17) is 0 Å². The van der Waals surface area contributed by atoms with E-state index in [1.165, 1.54) is 0 Å². The molecule has 2 heterocycles. The van der Waals surface area contributed by atoms with Crippen molar-refractivity contribution in [3.63, 3.8) is 0 Å². The van der Waals surface area contributed by atoms with Crippen LogP contribution in [0.3, 0.4) is 0 Å². The first kappa shape index (κ1) is 12.7. The Morgan fingerprint density at radius 1 is 1.07 bits per heavy atom. The molecule has 0 fully saturated rings. The second-order valence-electron chi connectivity index (χ2n) is 1.98. The maximum Gasteiger partial charge on any atom is 0.114 e. The Balaban J connectivity index is 0.000000206. The fourth-order valence-electron chi connectivity index (χ4n) is 0.541. The SMILES string of the molecule is CC.Cc1nncs1.c1ccncc1. The summed E-state index contributed by atoms with van der Waals surface area (Å²) in [6, 6.07) is 5.72. The second-order valence-corrected chi connectivity index (χ2v) is 3.02. The minimum Gasteiger partial charge on any atom is -0.265 e. The smallest absolute Gasteiger partial charge is 0.114 e. The third-order valence-electron chi connectivity index (χ3n) is 1.04. The summed E-state index contributed by atoms with van der Waals surface area (Å²) in [6.07, 6.45) is 3.50. The van der Waals surface area contributed by atoms with Gasteiger partial charge in [-0.1, -0.05) is 19.9 Å². The van der Waals surface area contributed by atoms with Crippen molar-refractivity contribution in [3.05, 3.63) is 41.1 Å². The Hall–Kier alpha value is -1.29. The van der Waals surface area contributed by atoms with Crippen molar-refractivity contribution >= 4 is 11.3 Å². The van der Waals surface area contributed by atoms with Gasteiger partial charge in [0.25, 0.3) is 0 Å². The van der Waals surface area contributed by atoms with E-state index < -0.39 is 0 Å². The fourth-order valence-corrected chi connectivity index (χ4v) is 0.882. The van der Waals surface area contributed by atoms with Crippen molar-refractivity contribution in [2.24, 2.45) is 0 Å². The summed E-state index contributed by atoms with van der Waals surface area (Å²) < 4.78 is 0. The average Bonchev–Trinajstić information content (AvgIpc) is 2.76. The van der Waals surface area contributed by atoms with E-state index in [1.54, 1.807) is 29.2 Å². The van der Waals surface area contributed by atoms with E-state index >= 15 is 0 Å². The largest absolute Gasteiger partial charge is 0.265 e. The van der Waals surface area contributed by atoms with Gasteiger partial charge in [-0.2, -0.15) is 0 Å². The molecular formula is C10H15N3S. The summed E-state index contributed by atoms with van der Waals surface area (Å²) in [5, 5.41) is 8.30. The highest BCUT2D eigenvalue weighted by atomic mass is 32.1. The van der Waals surface area contributed by atoms with E-state index in [-0.39, 0.29) is 0 Å². The lowest BCUT2D eigenvalue weighted by molar-refractivity contribution is 1.05. The minimum absolute atomic E-state index is 1.02. The summed E-state index contributed by atoms with van der Waals surface area (Å²) in [5.41, 5.74) is 1.72. The highest BCUT2D eigenvalue weighted by Crippen LogP contribution is 1.94. The van der Waals surface area contributed by atoms with Crippen LogP contribution in [-0.4, -0.2) is 15.2 Å². The van der Waals surface area contributed by atoms with Crippen molar-refractivity contribution in [2.75, 3.05) is 0 Å². The zero-order chi connectivity index (χ0) is 10.6. The molecule has 0 atom stereocenters. The summed E-state index contributed by atoms with van der Waals surface area (Å²) in [4.78, 5) is 3.78. The highest BCUT2D eigenvalue weighted by Gasteiger charge is 1.78. The van der Waals surface area contributed by atoms with Gasteiger partial charge < -0.3 is 0 Å². The molecule has 4 heteroatoms. The molecule has 2 rings (SSSR count). The van der Waals surface area contributed by atoms with Crippen molar-refractivity contribution in [2.45, 2.75) is 20.8 Å². The Morgan fingerprint density at radius 3 is 1.86 bits per heavy atom. The number of pyridine rings is 1. The van der Waals surface area contributed by atoms with Gasteiger partial charge >= 0.3 is 0 Å². The standard InChI is InChI=1S/C5H5N.C3H4N2S.C2H6/c1-2-4-6-5-3-1;1-3-5-4-2-6-3;1-2/h1-5H;2H,1H3;1-2H3. The maximum absolute atomic E-state index is 3.78. The van der Waals surface area contributed by atoms with Gasteiger partial charge in [-0.05, 0) is 19.1 Å². The Morgan fingerprint density at radius 2 is 1.71 bits per heavy atom. The van der Waals surface area contributed by atoms with Crippen LogP contribution in [-0.2, 0) is 0 Å².